The van der Waals surface area contributed by atoms with Crippen LogP contribution < -0.4 is 5.32 Å². The van der Waals surface area contributed by atoms with Crippen molar-refractivity contribution in [3.05, 3.63) is 0 Å². The molecule has 1 fully saturated rings. The summed E-state index contributed by atoms with van der Waals surface area (Å²) in [4.78, 5) is 11.5. The van der Waals surface area contributed by atoms with Crippen molar-refractivity contribution in [2.24, 2.45) is 0 Å². The van der Waals surface area contributed by atoms with Crippen LogP contribution >= 0.6 is 11.6 Å². The first-order valence-electron chi connectivity index (χ1n) is 4.64. The zero-order valence-electron chi connectivity index (χ0n) is 7.94. The first-order valence-corrected chi connectivity index (χ1v) is 5.18. The second-order valence-electron chi connectivity index (χ2n) is 3.40. The molecule has 1 rings (SSSR count). The summed E-state index contributed by atoms with van der Waals surface area (Å²) in [5, 5.41) is 3.22. The Labute approximate surface area is 83.8 Å². The number of hydrogen-bond acceptors (Lipinski definition) is 3. The number of nitrogens with one attached hydrogen (secondary N) is 1. The van der Waals surface area contributed by atoms with Crippen molar-refractivity contribution >= 4 is 17.6 Å². The molecule has 1 saturated heterocycles. The molecular formula is C9H16ClNO2. The van der Waals surface area contributed by atoms with Crippen LogP contribution in [0.15, 0.2) is 0 Å². The Bertz CT molecular complexity index is 178. The van der Waals surface area contributed by atoms with E-state index in [4.69, 9.17) is 16.3 Å². The molecule has 0 aromatic heterocycles. The highest BCUT2D eigenvalue weighted by molar-refractivity contribution is 6.17. The number of alkyl halides is 1. The Balaban J connectivity index is 2.57. The van der Waals surface area contributed by atoms with Gasteiger partial charge in [-0.15, -0.1) is 11.6 Å². The first-order chi connectivity index (χ1) is 6.25. The van der Waals surface area contributed by atoms with Crippen LogP contribution in [0.3, 0.4) is 0 Å². The molecule has 0 bridgehead atoms. The Morgan fingerprint density at radius 1 is 1.69 bits per heavy atom. The molecule has 1 N–H and O–H groups in total. The van der Waals surface area contributed by atoms with Crippen molar-refractivity contribution < 1.29 is 9.53 Å². The van der Waals surface area contributed by atoms with Gasteiger partial charge in [-0.05, 0) is 32.2 Å². The number of methoxy groups -OCH3 is 1. The van der Waals surface area contributed by atoms with E-state index in [0.29, 0.717) is 5.88 Å². The van der Waals surface area contributed by atoms with Crippen molar-refractivity contribution in [3.63, 3.8) is 0 Å². The molecule has 0 aromatic rings. The third-order valence-corrected chi connectivity index (χ3v) is 2.82. The van der Waals surface area contributed by atoms with Gasteiger partial charge in [0.2, 0.25) is 0 Å². The zero-order valence-corrected chi connectivity index (χ0v) is 8.69. The second kappa shape index (κ2) is 4.82. The maximum Gasteiger partial charge on any atom is 0.326 e. The predicted molar refractivity (Wildman–Crippen MR) is 51.9 cm³/mol. The van der Waals surface area contributed by atoms with E-state index in [1.165, 1.54) is 7.11 Å². The summed E-state index contributed by atoms with van der Waals surface area (Å²) in [7, 11) is 1.44. The van der Waals surface area contributed by atoms with Gasteiger partial charge in [0.05, 0.1) is 7.11 Å². The number of ether oxygens (including phenoxy) is 1. The van der Waals surface area contributed by atoms with E-state index in [1.807, 2.05) is 0 Å². The molecule has 0 aliphatic carbocycles. The van der Waals surface area contributed by atoms with Crippen molar-refractivity contribution in [3.8, 4) is 0 Å². The van der Waals surface area contributed by atoms with Crippen LogP contribution in [-0.2, 0) is 9.53 Å². The molecule has 1 aliphatic heterocycles. The van der Waals surface area contributed by atoms with Gasteiger partial charge >= 0.3 is 5.97 Å². The normalized spacial score (nSPS) is 27.5. The molecule has 0 unspecified atom stereocenters. The molecule has 0 spiro atoms. The summed E-state index contributed by atoms with van der Waals surface area (Å²) < 4.78 is 4.79. The summed E-state index contributed by atoms with van der Waals surface area (Å²) >= 11 is 5.61. The van der Waals surface area contributed by atoms with Gasteiger partial charge in [0.25, 0.3) is 0 Å². The Morgan fingerprint density at radius 3 is 2.92 bits per heavy atom. The molecule has 4 heteroatoms. The van der Waals surface area contributed by atoms with E-state index in [1.54, 1.807) is 0 Å². The maximum atomic E-state index is 11.5. The number of hydrogen-bond donors (Lipinski definition) is 1. The first kappa shape index (κ1) is 10.8. The van der Waals surface area contributed by atoms with Crippen LogP contribution in [0.1, 0.15) is 25.7 Å². The van der Waals surface area contributed by atoms with Gasteiger partial charge in [-0.3, -0.25) is 4.79 Å². The summed E-state index contributed by atoms with van der Waals surface area (Å²) in [6.07, 6.45) is 3.54. The van der Waals surface area contributed by atoms with Crippen molar-refractivity contribution in [1.29, 1.82) is 0 Å². The number of carbonyl (C=O) groups excluding carboxylic acids is 1. The van der Waals surface area contributed by atoms with Gasteiger partial charge in [0.15, 0.2) is 0 Å². The monoisotopic (exact) mass is 205 g/mol. The molecule has 1 atom stereocenters. The molecule has 3 nitrogen and oxygen atoms in total. The van der Waals surface area contributed by atoms with E-state index < -0.39 is 5.54 Å². The van der Waals surface area contributed by atoms with Crippen molar-refractivity contribution in [1.82, 2.24) is 5.32 Å². The lowest BCUT2D eigenvalue weighted by Gasteiger charge is -2.25. The number of carbonyl (C=O) groups is 1. The van der Waals surface area contributed by atoms with Gasteiger partial charge in [0, 0.05) is 5.88 Å². The van der Waals surface area contributed by atoms with Gasteiger partial charge in [0.1, 0.15) is 5.54 Å². The predicted octanol–water partition coefficient (Wildman–Crippen LogP) is 1.30. The summed E-state index contributed by atoms with van der Waals surface area (Å²) in [5.74, 6) is 0.454. The largest absolute Gasteiger partial charge is 0.468 e. The van der Waals surface area contributed by atoms with Crippen molar-refractivity contribution in [2.45, 2.75) is 31.2 Å². The highest BCUT2D eigenvalue weighted by Gasteiger charge is 2.41. The number of rotatable bonds is 4. The van der Waals surface area contributed by atoms with Crippen LogP contribution in [-0.4, -0.2) is 31.0 Å². The fraction of sp³-hybridized carbons (Fsp3) is 0.889. The van der Waals surface area contributed by atoms with E-state index in [2.05, 4.69) is 5.32 Å². The minimum atomic E-state index is -0.441. The minimum absolute atomic E-state index is 0.143. The van der Waals surface area contributed by atoms with E-state index >= 15 is 0 Å². The summed E-state index contributed by atoms with van der Waals surface area (Å²) in [6.45, 7) is 0.900. The van der Waals surface area contributed by atoms with E-state index in [9.17, 15) is 4.79 Å². The third kappa shape index (κ3) is 2.35. The quantitative estimate of drug-likeness (QED) is 0.556. The second-order valence-corrected chi connectivity index (χ2v) is 3.77. The molecule has 13 heavy (non-hydrogen) atoms. The molecule has 0 saturated carbocycles. The van der Waals surface area contributed by atoms with Gasteiger partial charge in [-0.1, -0.05) is 0 Å². The van der Waals surface area contributed by atoms with Gasteiger partial charge in [-0.25, -0.2) is 0 Å². The molecule has 76 valence electrons. The maximum absolute atomic E-state index is 11.5. The smallest absolute Gasteiger partial charge is 0.326 e. The molecule has 1 aliphatic rings. The lowest BCUT2D eigenvalue weighted by atomic mass is 9.92. The standard InChI is InChI=1S/C9H16ClNO2/c1-13-8(12)9(4-2-6-10)5-3-7-11-9/h11H,2-7H2,1H3/t9-/m1/s1. The fourth-order valence-corrected chi connectivity index (χ4v) is 1.99. The minimum Gasteiger partial charge on any atom is -0.468 e. The molecule has 0 radical (unpaired) electrons. The topological polar surface area (TPSA) is 38.3 Å². The molecule has 1 heterocycles. The van der Waals surface area contributed by atoms with E-state index in [-0.39, 0.29) is 5.97 Å². The van der Waals surface area contributed by atoms with Crippen LogP contribution in [0.2, 0.25) is 0 Å². The average Bonchev–Trinajstić information content (AvgIpc) is 2.63. The van der Waals surface area contributed by atoms with Crippen LogP contribution in [0.4, 0.5) is 0 Å². The van der Waals surface area contributed by atoms with Gasteiger partial charge in [-0.2, -0.15) is 0 Å². The lowest BCUT2D eigenvalue weighted by molar-refractivity contribution is -0.148. The number of halogens is 1. The van der Waals surface area contributed by atoms with Crippen LogP contribution in [0.25, 0.3) is 0 Å². The zero-order chi connectivity index (χ0) is 9.73. The van der Waals surface area contributed by atoms with Gasteiger partial charge < -0.3 is 10.1 Å². The van der Waals surface area contributed by atoms with E-state index in [0.717, 1.165) is 32.2 Å². The molecule has 0 amide bonds. The summed E-state index contributed by atoms with van der Waals surface area (Å²) in [6, 6.07) is 0. The average molecular weight is 206 g/mol. The molecule has 0 aromatic carbocycles. The summed E-state index contributed by atoms with van der Waals surface area (Å²) in [5.41, 5.74) is -0.441. The fourth-order valence-electron chi connectivity index (χ4n) is 1.86. The van der Waals surface area contributed by atoms with Crippen LogP contribution in [0, 0.1) is 0 Å². The third-order valence-electron chi connectivity index (χ3n) is 2.56. The van der Waals surface area contributed by atoms with Crippen molar-refractivity contribution in [2.75, 3.05) is 19.5 Å². The SMILES string of the molecule is COC(=O)[C@@]1(CCCCl)CCCN1. The Morgan fingerprint density at radius 2 is 2.46 bits per heavy atom. The highest BCUT2D eigenvalue weighted by Crippen LogP contribution is 2.26. The molecular weight excluding hydrogens is 190 g/mol. The Hall–Kier alpha value is -0.280. The van der Waals surface area contributed by atoms with Crippen LogP contribution in [0.5, 0.6) is 0 Å². The highest BCUT2D eigenvalue weighted by atomic mass is 35.5. The number of esters is 1. The Kier molecular flexibility index (Phi) is 4.00. The lowest BCUT2D eigenvalue weighted by Crippen LogP contribution is -2.48.